The number of hydrogen-bond donors (Lipinski definition) is 2. The summed E-state index contributed by atoms with van der Waals surface area (Å²) in [7, 11) is 1.81. The maximum Gasteiger partial charge on any atom is 0.191 e. The molecule has 1 fully saturated rings. The lowest BCUT2D eigenvalue weighted by atomic mass is 9.84. The van der Waals surface area contributed by atoms with Crippen molar-refractivity contribution in [1.29, 1.82) is 0 Å². The number of nitrogens with one attached hydrogen (secondary N) is 2. The van der Waals surface area contributed by atoms with Crippen molar-refractivity contribution in [1.82, 2.24) is 10.6 Å². The molecule has 2 rings (SSSR count). The van der Waals surface area contributed by atoms with Crippen LogP contribution in [0, 0.1) is 6.92 Å². The summed E-state index contributed by atoms with van der Waals surface area (Å²) in [4.78, 5) is 4.32. The van der Waals surface area contributed by atoms with Gasteiger partial charge in [0.2, 0.25) is 0 Å². The Labute approximate surface area is 181 Å². The summed E-state index contributed by atoms with van der Waals surface area (Å²) in [6.45, 7) is 10.7. The quantitative estimate of drug-likeness (QED) is 0.241. The number of benzene rings is 1. The molecule has 1 aliphatic heterocycles. The molecule has 0 spiro atoms. The summed E-state index contributed by atoms with van der Waals surface area (Å²) >= 11 is 0. The molecular formula is C21H36IN3O2. The molecular weight excluding hydrogens is 453 g/mol. The summed E-state index contributed by atoms with van der Waals surface area (Å²) in [5, 5.41) is 6.80. The molecule has 0 saturated carbocycles. The van der Waals surface area contributed by atoms with Crippen LogP contribution in [-0.2, 0) is 14.9 Å². The summed E-state index contributed by atoms with van der Waals surface area (Å²) in [5.74, 6) is 0.838. The van der Waals surface area contributed by atoms with E-state index < -0.39 is 0 Å². The van der Waals surface area contributed by atoms with Crippen LogP contribution in [0.2, 0.25) is 0 Å². The fourth-order valence-electron chi connectivity index (χ4n) is 3.06. The van der Waals surface area contributed by atoms with Crippen molar-refractivity contribution in [3.63, 3.8) is 0 Å². The summed E-state index contributed by atoms with van der Waals surface area (Å²) < 4.78 is 11.2. The zero-order valence-electron chi connectivity index (χ0n) is 17.2. The predicted molar refractivity (Wildman–Crippen MR) is 123 cm³/mol. The minimum Gasteiger partial charge on any atom is -0.379 e. The van der Waals surface area contributed by atoms with Gasteiger partial charge in [0.25, 0.3) is 0 Å². The highest BCUT2D eigenvalue weighted by Gasteiger charge is 2.21. The van der Waals surface area contributed by atoms with Gasteiger partial charge in [-0.15, -0.1) is 24.0 Å². The number of aryl methyl sites for hydroxylation is 1. The molecule has 1 unspecified atom stereocenters. The Morgan fingerprint density at radius 2 is 2.15 bits per heavy atom. The zero-order valence-corrected chi connectivity index (χ0v) is 19.5. The maximum atomic E-state index is 5.69. The third-order valence-electron chi connectivity index (χ3n) is 4.81. The van der Waals surface area contributed by atoms with E-state index in [-0.39, 0.29) is 29.4 Å². The largest absolute Gasteiger partial charge is 0.379 e. The van der Waals surface area contributed by atoms with E-state index in [2.05, 4.69) is 60.7 Å². The van der Waals surface area contributed by atoms with E-state index in [1.807, 2.05) is 7.05 Å². The molecule has 27 heavy (non-hydrogen) atoms. The lowest BCUT2D eigenvalue weighted by Crippen LogP contribution is -2.43. The number of guanidine groups is 1. The van der Waals surface area contributed by atoms with E-state index in [0.717, 1.165) is 58.1 Å². The van der Waals surface area contributed by atoms with Gasteiger partial charge in [-0.05, 0) is 31.7 Å². The topological polar surface area (TPSA) is 54.9 Å². The van der Waals surface area contributed by atoms with Crippen LogP contribution in [0.1, 0.15) is 44.2 Å². The summed E-state index contributed by atoms with van der Waals surface area (Å²) in [6, 6.07) is 8.70. The molecule has 0 aromatic heterocycles. The first kappa shape index (κ1) is 24.2. The fourth-order valence-corrected chi connectivity index (χ4v) is 3.06. The van der Waals surface area contributed by atoms with E-state index in [9.17, 15) is 0 Å². The Morgan fingerprint density at radius 3 is 2.81 bits per heavy atom. The van der Waals surface area contributed by atoms with Gasteiger partial charge in [-0.2, -0.15) is 0 Å². The first-order valence-corrected chi connectivity index (χ1v) is 9.72. The van der Waals surface area contributed by atoms with Gasteiger partial charge in [-0.25, -0.2) is 0 Å². The molecule has 1 atom stereocenters. The number of rotatable bonds is 9. The molecule has 1 aliphatic rings. The van der Waals surface area contributed by atoms with Gasteiger partial charge in [0.1, 0.15) is 0 Å². The lowest BCUT2D eigenvalue weighted by Gasteiger charge is -2.27. The second-order valence-corrected chi connectivity index (χ2v) is 7.67. The van der Waals surface area contributed by atoms with E-state index in [1.165, 1.54) is 11.1 Å². The Kier molecular flexibility index (Phi) is 11.3. The molecule has 1 aromatic rings. The van der Waals surface area contributed by atoms with E-state index in [1.54, 1.807) is 0 Å². The first-order valence-electron chi connectivity index (χ1n) is 9.72. The summed E-state index contributed by atoms with van der Waals surface area (Å²) in [6.07, 6.45) is 3.55. The van der Waals surface area contributed by atoms with Crippen LogP contribution in [0.25, 0.3) is 0 Å². The minimum atomic E-state index is 0. The molecule has 6 heteroatoms. The highest BCUT2D eigenvalue weighted by molar-refractivity contribution is 14.0. The molecule has 0 radical (unpaired) electrons. The van der Waals surface area contributed by atoms with E-state index in [4.69, 9.17) is 9.47 Å². The number of ether oxygens (including phenoxy) is 2. The summed E-state index contributed by atoms with van der Waals surface area (Å²) in [5.41, 5.74) is 2.66. The van der Waals surface area contributed by atoms with Crippen molar-refractivity contribution in [2.24, 2.45) is 4.99 Å². The maximum absolute atomic E-state index is 5.69. The van der Waals surface area contributed by atoms with Crippen LogP contribution < -0.4 is 10.6 Å². The normalized spacial score (nSPS) is 17.5. The van der Waals surface area contributed by atoms with Crippen LogP contribution in [0.3, 0.4) is 0 Å². The molecule has 1 saturated heterocycles. The highest BCUT2D eigenvalue weighted by Crippen LogP contribution is 2.22. The first-order chi connectivity index (χ1) is 12.5. The molecule has 1 aromatic carbocycles. The van der Waals surface area contributed by atoms with Gasteiger partial charge in [0.15, 0.2) is 5.96 Å². The molecule has 5 nitrogen and oxygen atoms in total. The third kappa shape index (κ3) is 8.79. The predicted octanol–water partition coefficient (Wildman–Crippen LogP) is 3.64. The van der Waals surface area contributed by atoms with Crippen molar-refractivity contribution in [2.75, 3.05) is 40.0 Å². The van der Waals surface area contributed by atoms with Gasteiger partial charge in [-0.1, -0.05) is 43.7 Å². The van der Waals surface area contributed by atoms with Crippen LogP contribution in [-0.4, -0.2) is 52.0 Å². The van der Waals surface area contributed by atoms with Crippen LogP contribution in [0.5, 0.6) is 0 Å². The van der Waals surface area contributed by atoms with Crippen LogP contribution in [0.4, 0.5) is 0 Å². The van der Waals surface area contributed by atoms with Crippen molar-refractivity contribution in [2.45, 2.75) is 51.6 Å². The van der Waals surface area contributed by atoms with Crippen molar-refractivity contribution < 1.29 is 9.47 Å². The minimum absolute atomic E-state index is 0. The van der Waals surface area contributed by atoms with Crippen LogP contribution in [0.15, 0.2) is 29.3 Å². The van der Waals surface area contributed by atoms with Gasteiger partial charge in [0.05, 0.1) is 12.7 Å². The second-order valence-electron chi connectivity index (χ2n) is 7.67. The number of nitrogens with zero attached hydrogens (tertiary/aromatic N) is 1. The molecule has 0 aliphatic carbocycles. The molecule has 0 bridgehead atoms. The van der Waals surface area contributed by atoms with Crippen molar-refractivity contribution in [3.05, 3.63) is 35.4 Å². The number of hydrogen-bond acceptors (Lipinski definition) is 3. The Morgan fingerprint density at radius 1 is 1.33 bits per heavy atom. The van der Waals surface area contributed by atoms with Crippen molar-refractivity contribution in [3.8, 4) is 0 Å². The number of aliphatic imine (C=N–C) groups is 1. The monoisotopic (exact) mass is 489 g/mol. The number of halogens is 1. The Balaban J connectivity index is 0.00000364. The SMILES string of the molecule is CN=C(NCCCOCC1CCCO1)NCC(C)(C)c1cccc(C)c1.I. The van der Waals surface area contributed by atoms with Crippen LogP contribution >= 0.6 is 24.0 Å². The smallest absolute Gasteiger partial charge is 0.191 e. The fraction of sp³-hybridized carbons (Fsp3) is 0.667. The Hall–Kier alpha value is -0.860. The molecule has 154 valence electrons. The second kappa shape index (κ2) is 12.6. The standard InChI is InChI=1S/C21H35N3O2.HI/c1-17-8-5-9-18(14-17)21(2,3)16-24-20(22-4)23-11-7-12-25-15-19-10-6-13-26-19;/h5,8-9,14,19H,6-7,10-13,15-16H2,1-4H3,(H2,22,23,24);1H. The van der Waals surface area contributed by atoms with Crippen molar-refractivity contribution >= 4 is 29.9 Å². The lowest BCUT2D eigenvalue weighted by molar-refractivity contribution is 0.0168. The third-order valence-corrected chi connectivity index (χ3v) is 4.81. The molecule has 0 amide bonds. The van der Waals surface area contributed by atoms with Gasteiger partial charge in [-0.3, -0.25) is 4.99 Å². The average molecular weight is 489 g/mol. The Bertz CT molecular complexity index is 572. The van der Waals surface area contributed by atoms with Gasteiger partial charge in [0, 0.05) is 38.8 Å². The van der Waals surface area contributed by atoms with Gasteiger partial charge < -0.3 is 20.1 Å². The average Bonchev–Trinajstić information content (AvgIpc) is 3.14. The molecule has 1 heterocycles. The van der Waals surface area contributed by atoms with E-state index >= 15 is 0 Å². The van der Waals surface area contributed by atoms with E-state index in [0.29, 0.717) is 6.10 Å². The van der Waals surface area contributed by atoms with Gasteiger partial charge >= 0.3 is 0 Å². The highest BCUT2D eigenvalue weighted by atomic mass is 127. The molecule has 2 N–H and O–H groups in total. The zero-order chi connectivity index (χ0) is 18.8.